The molecule has 2 aliphatic rings. The van der Waals surface area contributed by atoms with Crippen LogP contribution in [0.25, 0.3) is 6.08 Å². The number of rotatable bonds is 5. The fourth-order valence-electron chi connectivity index (χ4n) is 3.70. The summed E-state index contributed by atoms with van der Waals surface area (Å²) in [5.41, 5.74) is 0.769. The first-order valence-electron chi connectivity index (χ1n) is 9.67. The molecule has 11 atom stereocenters. The molecule has 0 bridgehead atoms. The van der Waals surface area contributed by atoms with E-state index < -0.39 is 67.1 Å². The van der Waals surface area contributed by atoms with Crippen LogP contribution in [0.2, 0.25) is 0 Å². The minimum atomic E-state index is -1.77. The summed E-state index contributed by atoms with van der Waals surface area (Å²) in [6.07, 6.45) is -14.5. The van der Waals surface area contributed by atoms with Gasteiger partial charge in [0.15, 0.2) is 0 Å². The molecule has 1 aromatic rings. The van der Waals surface area contributed by atoms with Crippen LogP contribution < -0.4 is 0 Å². The van der Waals surface area contributed by atoms with E-state index in [0.29, 0.717) is 0 Å². The SMILES string of the molecule is OC(C=Cc1ccccc1)[C@@H]1O[C@H](C(O)[C@@H]2OC[C@@H](O)[C@@H](O)[C@@H]2O)[C@@H](O)[C@H](O)[C@H]1O. The van der Waals surface area contributed by atoms with Gasteiger partial charge in [0.1, 0.15) is 67.1 Å². The molecular weight excluding hydrogens is 400 g/mol. The van der Waals surface area contributed by atoms with E-state index in [0.717, 1.165) is 5.56 Å². The van der Waals surface area contributed by atoms with E-state index in [9.17, 15) is 40.9 Å². The van der Waals surface area contributed by atoms with Crippen molar-refractivity contribution in [3.05, 3.63) is 42.0 Å². The molecule has 2 unspecified atom stereocenters. The van der Waals surface area contributed by atoms with Gasteiger partial charge in [0, 0.05) is 0 Å². The molecule has 3 rings (SSSR count). The van der Waals surface area contributed by atoms with Crippen molar-refractivity contribution in [2.24, 2.45) is 0 Å². The molecular formula is C20H28O10. The first-order chi connectivity index (χ1) is 14.2. The second-order valence-corrected chi connectivity index (χ2v) is 7.63. The number of hydrogen-bond acceptors (Lipinski definition) is 10. The molecule has 0 amide bonds. The Labute approximate surface area is 172 Å². The van der Waals surface area contributed by atoms with Crippen LogP contribution in [-0.4, -0.2) is 115 Å². The Balaban J connectivity index is 1.74. The number of benzene rings is 1. The lowest BCUT2D eigenvalue weighted by molar-refractivity contribution is -0.283. The molecule has 0 saturated carbocycles. The maximum Gasteiger partial charge on any atom is 0.116 e. The van der Waals surface area contributed by atoms with E-state index in [-0.39, 0.29) is 6.61 Å². The molecule has 2 heterocycles. The van der Waals surface area contributed by atoms with E-state index in [1.807, 2.05) is 6.07 Å². The van der Waals surface area contributed by atoms with Gasteiger partial charge < -0.3 is 50.3 Å². The second kappa shape index (κ2) is 9.79. The molecule has 0 spiro atoms. The zero-order chi connectivity index (χ0) is 22.0. The smallest absolute Gasteiger partial charge is 0.116 e. The normalized spacial score (nSPS) is 42.2. The Bertz CT molecular complexity index is 700. The average molecular weight is 428 g/mol. The van der Waals surface area contributed by atoms with Gasteiger partial charge in [-0.15, -0.1) is 0 Å². The van der Waals surface area contributed by atoms with Gasteiger partial charge in [-0.1, -0.05) is 42.5 Å². The molecule has 8 N–H and O–H groups in total. The molecule has 168 valence electrons. The maximum absolute atomic E-state index is 10.6. The summed E-state index contributed by atoms with van der Waals surface area (Å²) in [5.74, 6) is 0. The first kappa shape index (κ1) is 23.2. The summed E-state index contributed by atoms with van der Waals surface area (Å²) < 4.78 is 10.7. The van der Waals surface area contributed by atoms with Crippen LogP contribution in [-0.2, 0) is 9.47 Å². The molecule has 10 heteroatoms. The molecule has 2 saturated heterocycles. The van der Waals surface area contributed by atoms with Crippen molar-refractivity contribution in [2.45, 2.75) is 67.1 Å². The van der Waals surface area contributed by atoms with Gasteiger partial charge in [0.25, 0.3) is 0 Å². The highest BCUT2D eigenvalue weighted by molar-refractivity contribution is 5.49. The van der Waals surface area contributed by atoms with E-state index in [1.165, 1.54) is 6.08 Å². The standard InChI is InChI=1S/C20H28O10/c21-10(7-6-9-4-2-1-3-5-9)18-15(26)13(24)16(27)20(30-18)17(28)19-14(25)12(23)11(22)8-29-19/h1-7,10-28H,8H2/t10?,11-,12-,13-,14+,15-,16+,17?,18+,19-,20+/m1/s1. The Morgan fingerprint density at radius 3 is 2.03 bits per heavy atom. The van der Waals surface area contributed by atoms with E-state index in [1.54, 1.807) is 30.3 Å². The Morgan fingerprint density at radius 1 is 0.767 bits per heavy atom. The van der Waals surface area contributed by atoms with Gasteiger partial charge in [-0.3, -0.25) is 0 Å². The fraction of sp³-hybridized carbons (Fsp3) is 0.600. The molecule has 0 aromatic heterocycles. The number of hydrogen-bond donors (Lipinski definition) is 8. The van der Waals surface area contributed by atoms with Gasteiger partial charge >= 0.3 is 0 Å². The van der Waals surface area contributed by atoms with E-state index in [4.69, 9.17) is 9.47 Å². The lowest BCUT2D eigenvalue weighted by Crippen LogP contribution is -2.67. The van der Waals surface area contributed by atoms with Crippen molar-refractivity contribution < 1.29 is 50.3 Å². The lowest BCUT2D eigenvalue weighted by Gasteiger charge is -2.46. The zero-order valence-corrected chi connectivity index (χ0v) is 16.0. The third-order valence-electron chi connectivity index (χ3n) is 5.52. The third-order valence-corrected chi connectivity index (χ3v) is 5.52. The van der Waals surface area contributed by atoms with E-state index in [2.05, 4.69) is 0 Å². The fourth-order valence-corrected chi connectivity index (χ4v) is 3.70. The van der Waals surface area contributed by atoms with Gasteiger partial charge in [-0.05, 0) is 5.56 Å². The summed E-state index contributed by atoms with van der Waals surface area (Å²) >= 11 is 0. The minimum Gasteiger partial charge on any atom is -0.388 e. The molecule has 0 aliphatic carbocycles. The van der Waals surface area contributed by atoms with Crippen LogP contribution in [0.15, 0.2) is 36.4 Å². The summed E-state index contributed by atoms with van der Waals surface area (Å²) in [7, 11) is 0. The topological polar surface area (TPSA) is 180 Å². The quantitative estimate of drug-likeness (QED) is 0.237. The number of aliphatic hydroxyl groups excluding tert-OH is 8. The molecule has 1 aromatic carbocycles. The van der Waals surface area contributed by atoms with Gasteiger partial charge in [0.05, 0.1) is 6.61 Å². The minimum absolute atomic E-state index is 0.375. The van der Waals surface area contributed by atoms with Gasteiger partial charge in [-0.25, -0.2) is 0 Å². The molecule has 2 aliphatic heterocycles. The highest BCUT2D eigenvalue weighted by Crippen LogP contribution is 2.30. The zero-order valence-electron chi connectivity index (χ0n) is 16.0. The third kappa shape index (κ3) is 4.73. The van der Waals surface area contributed by atoms with Crippen molar-refractivity contribution in [1.82, 2.24) is 0 Å². The van der Waals surface area contributed by atoms with Crippen LogP contribution in [0.1, 0.15) is 5.56 Å². The highest BCUT2D eigenvalue weighted by Gasteiger charge is 2.52. The van der Waals surface area contributed by atoms with Gasteiger partial charge in [0.2, 0.25) is 0 Å². The van der Waals surface area contributed by atoms with Gasteiger partial charge in [-0.2, -0.15) is 0 Å². The lowest BCUT2D eigenvalue weighted by atomic mass is 9.86. The van der Waals surface area contributed by atoms with Crippen LogP contribution in [0.5, 0.6) is 0 Å². The Morgan fingerprint density at radius 2 is 1.37 bits per heavy atom. The van der Waals surface area contributed by atoms with Crippen molar-refractivity contribution in [3.63, 3.8) is 0 Å². The largest absolute Gasteiger partial charge is 0.388 e. The summed E-state index contributed by atoms with van der Waals surface area (Å²) in [5, 5.41) is 81.2. The second-order valence-electron chi connectivity index (χ2n) is 7.63. The molecule has 30 heavy (non-hydrogen) atoms. The van der Waals surface area contributed by atoms with Crippen LogP contribution in [0, 0.1) is 0 Å². The Hall–Kier alpha value is -1.44. The van der Waals surface area contributed by atoms with Crippen molar-refractivity contribution in [1.29, 1.82) is 0 Å². The summed E-state index contributed by atoms with van der Waals surface area (Å²) in [6, 6.07) is 8.99. The Kier molecular flexibility index (Phi) is 7.58. The molecule has 10 nitrogen and oxygen atoms in total. The van der Waals surface area contributed by atoms with E-state index >= 15 is 0 Å². The first-order valence-corrected chi connectivity index (χ1v) is 9.67. The van der Waals surface area contributed by atoms with Crippen molar-refractivity contribution in [3.8, 4) is 0 Å². The van der Waals surface area contributed by atoms with Crippen molar-refractivity contribution in [2.75, 3.05) is 6.61 Å². The predicted molar refractivity (Wildman–Crippen MR) is 102 cm³/mol. The monoisotopic (exact) mass is 428 g/mol. The number of ether oxygens (including phenoxy) is 2. The number of aliphatic hydroxyl groups is 8. The van der Waals surface area contributed by atoms with Crippen molar-refractivity contribution >= 4 is 6.08 Å². The van der Waals surface area contributed by atoms with Crippen LogP contribution in [0.4, 0.5) is 0 Å². The predicted octanol–water partition coefficient (Wildman–Crippen LogP) is -3.25. The maximum atomic E-state index is 10.6. The molecule has 2 fully saturated rings. The van der Waals surface area contributed by atoms with Crippen LogP contribution >= 0.6 is 0 Å². The highest BCUT2D eigenvalue weighted by atomic mass is 16.6. The summed E-state index contributed by atoms with van der Waals surface area (Å²) in [6.45, 7) is -0.375. The molecule has 0 radical (unpaired) electrons. The average Bonchev–Trinajstić information content (AvgIpc) is 2.75. The summed E-state index contributed by atoms with van der Waals surface area (Å²) in [4.78, 5) is 0. The van der Waals surface area contributed by atoms with Crippen LogP contribution in [0.3, 0.4) is 0 Å².